The molecule has 0 atom stereocenters. The van der Waals surface area contributed by atoms with Crippen molar-refractivity contribution >= 4 is 5.82 Å². The molecule has 0 spiro atoms. The van der Waals surface area contributed by atoms with E-state index in [2.05, 4.69) is 4.98 Å². The van der Waals surface area contributed by atoms with Crippen LogP contribution in [0.5, 0.6) is 0 Å². The van der Waals surface area contributed by atoms with Gasteiger partial charge in [-0.15, -0.1) is 0 Å². The van der Waals surface area contributed by atoms with E-state index < -0.39 is 17.6 Å². The molecule has 0 bridgehead atoms. The van der Waals surface area contributed by atoms with Crippen LogP contribution in [0.4, 0.5) is 19.0 Å². The highest BCUT2D eigenvalue weighted by Gasteiger charge is 2.18. The van der Waals surface area contributed by atoms with Gasteiger partial charge in [0.15, 0.2) is 17.5 Å². The van der Waals surface area contributed by atoms with Crippen molar-refractivity contribution in [2.24, 2.45) is 5.92 Å². The highest BCUT2D eigenvalue weighted by atomic mass is 19.2. The van der Waals surface area contributed by atoms with E-state index in [1.807, 2.05) is 13.8 Å². The highest BCUT2D eigenvalue weighted by molar-refractivity contribution is 5.40. The van der Waals surface area contributed by atoms with Gasteiger partial charge >= 0.3 is 0 Å². The molecule has 0 aliphatic rings. The van der Waals surface area contributed by atoms with Gasteiger partial charge in [-0.05, 0) is 5.92 Å². The zero-order valence-corrected chi connectivity index (χ0v) is 10.7. The Morgan fingerprint density at radius 1 is 1.28 bits per heavy atom. The molecule has 0 radical (unpaired) electrons. The normalized spacial score (nSPS) is 11.1. The lowest BCUT2D eigenvalue weighted by atomic mass is 10.2. The molecule has 1 heterocycles. The van der Waals surface area contributed by atoms with Crippen LogP contribution in [0.2, 0.25) is 0 Å². The second kappa shape index (κ2) is 6.58. The molecule has 0 N–H and O–H groups in total. The maximum atomic E-state index is 13.6. The van der Waals surface area contributed by atoms with E-state index in [1.54, 1.807) is 4.90 Å². The lowest BCUT2D eigenvalue weighted by molar-refractivity contribution is 0.204. The number of rotatable bonds is 6. The number of hydrogen-bond donors (Lipinski definition) is 0. The molecule has 102 valence electrons. The van der Waals surface area contributed by atoms with Gasteiger partial charge in [-0.1, -0.05) is 13.8 Å². The summed E-state index contributed by atoms with van der Waals surface area (Å²) >= 11 is 0. The number of hydrogen-bond acceptors (Lipinski definition) is 3. The number of pyridine rings is 1. The van der Waals surface area contributed by atoms with Crippen molar-refractivity contribution in [3.8, 4) is 0 Å². The molecule has 3 nitrogen and oxygen atoms in total. The summed E-state index contributed by atoms with van der Waals surface area (Å²) in [7, 11) is 1.52. The molecule has 1 rings (SSSR count). The van der Waals surface area contributed by atoms with Crippen LogP contribution in [0, 0.1) is 23.5 Å². The molecule has 0 aliphatic heterocycles. The molecular weight excluding hydrogens is 245 g/mol. The second-order valence-electron chi connectivity index (χ2n) is 4.40. The SMILES string of the molecule is COCCN(CC(C)C)c1nc(F)c(F)cc1F. The predicted octanol–water partition coefficient (Wildman–Crippen LogP) is 2.61. The second-order valence-corrected chi connectivity index (χ2v) is 4.40. The Balaban J connectivity index is 2.99. The average Bonchev–Trinajstić information content (AvgIpc) is 2.29. The van der Waals surface area contributed by atoms with Crippen LogP contribution in [0.25, 0.3) is 0 Å². The van der Waals surface area contributed by atoms with Gasteiger partial charge in [0.25, 0.3) is 5.95 Å². The minimum Gasteiger partial charge on any atom is -0.383 e. The third-order valence-corrected chi connectivity index (χ3v) is 2.32. The van der Waals surface area contributed by atoms with Crippen LogP contribution >= 0.6 is 0 Å². The van der Waals surface area contributed by atoms with Crippen LogP contribution in [0.3, 0.4) is 0 Å². The van der Waals surface area contributed by atoms with Gasteiger partial charge in [0.1, 0.15) is 0 Å². The number of ether oxygens (including phenoxy) is 1. The van der Waals surface area contributed by atoms with Crippen LogP contribution in [0.1, 0.15) is 13.8 Å². The van der Waals surface area contributed by atoms with E-state index in [1.165, 1.54) is 7.11 Å². The molecule has 0 amide bonds. The molecule has 1 aromatic rings. The summed E-state index contributed by atoms with van der Waals surface area (Å²) in [6.45, 7) is 5.09. The van der Waals surface area contributed by atoms with Crippen molar-refractivity contribution in [3.63, 3.8) is 0 Å². The summed E-state index contributed by atoms with van der Waals surface area (Å²) in [4.78, 5) is 4.88. The summed E-state index contributed by atoms with van der Waals surface area (Å²) in [6, 6.07) is 0.512. The molecule has 0 saturated heterocycles. The minimum atomic E-state index is -1.29. The monoisotopic (exact) mass is 262 g/mol. The molecule has 0 unspecified atom stereocenters. The van der Waals surface area contributed by atoms with E-state index in [4.69, 9.17) is 4.74 Å². The average molecular weight is 262 g/mol. The zero-order chi connectivity index (χ0) is 13.7. The van der Waals surface area contributed by atoms with Crippen molar-refractivity contribution in [1.82, 2.24) is 4.98 Å². The summed E-state index contributed by atoms with van der Waals surface area (Å²) < 4.78 is 44.4. The minimum absolute atomic E-state index is 0.181. The highest BCUT2D eigenvalue weighted by Crippen LogP contribution is 2.19. The summed E-state index contributed by atoms with van der Waals surface area (Å²) in [5.74, 6) is -3.40. The van der Waals surface area contributed by atoms with Crippen LogP contribution in [0.15, 0.2) is 6.07 Å². The molecule has 0 fully saturated rings. The van der Waals surface area contributed by atoms with Crippen molar-refractivity contribution in [2.45, 2.75) is 13.8 Å². The maximum absolute atomic E-state index is 13.6. The lowest BCUT2D eigenvalue weighted by Crippen LogP contribution is -2.32. The Hall–Kier alpha value is -1.30. The summed E-state index contributed by atoms with van der Waals surface area (Å²) in [5.41, 5.74) is 0. The van der Waals surface area contributed by atoms with Gasteiger partial charge in [0.05, 0.1) is 6.61 Å². The van der Waals surface area contributed by atoms with Crippen molar-refractivity contribution in [1.29, 1.82) is 0 Å². The Bertz CT molecular complexity index is 399. The molecule has 1 aromatic heterocycles. The zero-order valence-electron chi connectivity index (χ0n) is 10.7. The first-order valence-electron chi connectivity index (χ1n) is 5.71. The fourth-order valence-corrected chi connectivity index (χ4v) is 1.58. The Morgan fingerprint density at radius 2 is 1.94 bits per heavy atom. The van der Waals surface area contributed by atoms with Crippen molar-refractivity contribution < 1.29 is 17.9 Å². The largest absolute Gasteiger partial charge is 0.383 e. The topological polar surface area (TPSA) is 25.4 Å². The van der Waals surface area contributed by atoms with E-state index >= 15 is 0 Å². The Morgan fingerprint density at radius 3 is 2.50 bits per heavy atom. The number of nitrogens with zero attached hydrogens (tertiary/aromatic N) is 2. The van der Waals surface area contributed by atoms with Crippen LogP contribution in [-0.2, 0) is 4.74 Å². The molecular formula is C12H17F3N2O. The number of methoxy groups -OCH3 is 1. The molecule has 6 heteroatoms. The standard InChI is InChI=1S/C12H17F3N2O/c1-8(2)7-17(4-5-18-3)12-10(14)6-9(13)11(15)16-12/h6,8H,4-5,7H2,1-3H3. The third kappa shape index (κ3) is 3.87. The number of anilines is 1. The van der Waals surface area contributed by atoms with Gasteiger partial charge in [-0.2, -0.15) is 9.37 Å². The lowest BCUT2D eigenvalue weighted by Gasteiger charge is -2.25. The van der Waals surface area contributed by atoms with Gasteiger partial charge in [0.2, 0.25) is 0 Å². The maximum Gasteiger partial charge on any atom is 0.251 e. The summed E-state index contributed by atoms with van der Waals surface area (Å²) in [5, 5.41) is 0. The number of aromatic nitrogens is 1. The Kier molecular flexibility index (Phi) is 5.40. The number of halogens is 3. The first kappa shape index (κ1) is 14.8. The molecule has 0 aromatic carbocycles. The smallest absolute Gasteiger partial charge is 0.251 e. The first-order chi connectivity index (χ1) is 8.45. The van der Waals surface area contributed by atoms with E-state index in [0.717, 1.165) is 0 Å². The van der Waals surface area contributed by atoms with E-state index in [-0.39, 0.29) is 11.7 Å². The first-order valence-corrected chi connectivity index (χ1v) is 5.71. The quantitative estimate of drug-likeness (QED) is 0.737. The fourth-order valence-electron chi connectivity index (χ4n) is 1.58. The van der Waals surface area contributed by atoms with Crippen LogP contribution in [-0.4, -0.2) is 31.8 Å². The fraction of sp³-hybridized carbons (Fsp3) is 0.583. The Labute approximate surface area is 105 Å². The predicted molar refractivity (Wildman–Crippen MR) is 63.0 cm³/mol. The van der Waals surface area contributed by atoms with Crippen molar-refractivity contribution in [3.05, 3.63) is 23.6 Å². The molecule has 0 aliphatic carbocycles. The van der Waals surface area contributed by atoms with Gasteiger partial charge in [-0.25, -0.2) is 8.78 Å². The molecule has 18 heavy (non-hydrogen) atoms. The van der Waals surface area contributed by atoms with Gasteiger partial charge in [-0.3, -0.25) is 0 Å². The van der Waals surface area contributed by atoms with Crippen molar-refractivity contribution in [2.75, 3.05) is 31.7 Å². The summed E-state index contributed by atoms with van der Waals surface area (Å²) in [6.07, 6.45) is 0. The van der Waals surface area contributed by atoms with E-state index in [9.17, 15) is 13.2 Å². The molecule has 0 saturated carbocycles. The van der Waals surface area contributed by atoms with E-state index in [0.29, 0.717) is 25.8 Å². The van der Waals surface area contributed by atoms with Crippen LogP contribution < -0.4 is 4.90 Å². The van der Waals surface area contributed by atoms with Gasteiger partial charge in [0, 0.05) is 26.3 Å². The van der Waals surface area contributed by atoms with Gasteiger partial charge < -0.3 is 9.64 Å². The third-order valence-electron chi connectivity index (χ3n) is 2.32.